The third-order valence-corrected chi connectivity index (χ3v) is 5.36. The quantitative estimate of drug-likeness (QED) is 0.354. The molecule has 1 amide bonds. The van der Waals surface area contributed by atoms with Crippen LogP contribution >= 0.6 is 11.6 Å². The fraction of sp³-hybridized carbons (Fsp3) is 0.130. The molecule has 0 N–H and O–H groups in total. The topological polar surface area (TPSA) is 67.3 Å². The van der Waals surface area contributed by atoms with E-state index in [1.165, 1.54) is 17.0 Å². The van der Waals surface area contributed by atoms with Crippen molar-refractivity contribution in [3.8, 4) is 0 Å². The van der Waals surface area contributed by atoms with Gasteiger partial charge in [0.2, 0.25) is 5.78 Å². The van der Waals surface area contributed by atoms with Gasteiger partial charge in [-0.05, 0) is 53.6 Å². The molecule has 1 aromatic heterocycles. The van der Waals surface area contributed by atoms with Gasteiger partial charge < -0.3 is 4.90 Å². The predicted octanol–water partition coefficient (Wildman–Crippen LogP) is 4.03. The summed E-state index contributed by atoms with van der Waals surface area (Å²) in [6.45, 7) is 0.124. The van der Waals surface area contributed by atoms with Crippen LogP contribution in [0.2, 0.25) is 5.02 Å². The van der Waals surface area contributed by atoms with Crippen molar-refractivity contribution in [1.82, 2.24) is 9.88 Å². The lowest BCUT2D eigenvalue weighted by molar-refractivity contribution is -0.141. The van der Waals surface area contributed by atoms with E-state index in [0.29, 0.717) is 10.6 Å². The number of likely N-dealkylation sites (tertiary alicyclic amines) is 1. The number of aromatic nitrogens is 1. The highest BCUT2D eigenvalue weighted by Crippen LogP contribution is 2.39. The zero-order chi connectivity index (χ0) is 21.3. The molecule has 0 radical (unpaired) electrons. The molecule has 4 rings (SSSR count). The number of hydrogen-bond acceptors (Lipinski definition) is 4. The Morgan fingerprint density at radius 3 is 2.37 bits per heavy atom. The molecule has 0 bridgehead atoms. The first-order valence-electron chi connectivity index (χ1n) is 9.24. The molecule has 150 valence electrons. The number of carbonyl (C=O) groups is 3. The molecule has 2 heterocycles. The third kappa shape index (κ3) is 3.74. The van der Waals surface area contributed by atoms with Gasteiger partial charge in [0.25, 0.3) is 5.91 Å². The Morgan fingerprint density at radius 2 is 1.73 bits per heavy atom. The van der Waals surface area contributed by atoms with Crippen LogP contribution in [0, 0.1) is 11.7 Å². The Kier molecular flexibility index (Phi) is 5.42. The molecule has 0 aliphatic carbocycles. The number of benzene rings is 2. The molecule has 1 aliphatic rings. The Labute approximate surface area is 177 Å². The fourth-order valence-electron chi connectivity index (χ4n) is 3.67. The van der Waals surface area contributed by atoms with E-state index in [2.05, 4.69) is 4.98 Å². The molecule has 0 spiro atoms. The van der Waals surface area contributed by atoms with E-state index in [9.17, 15) is 18.8 Å². The Balaban J connectivity index is 1.77. The van der Waals surface area contributed by atoms with Crippen LogP contribution in [0.4, 0.5) is 4.39 Å². The van der Waals surface area contributed by atoms with Crippen molar-refractivity contribution in [2.75, 3.05) is 0 Å². The zero-order valence-corrected chi connectivity index (χ0v) is 16.4. The van der Waals surface area contributed by atoms with Gasteiger partial charge in [0, 0.05) is 29.5 Å². The maximum Gasteiger partial charge on any atom is 0.291 e. The maximum absolute atomic E-state index is 13.3. The summed E-state index contributed by atoms with van der Waals surface area (Å²) >= 11 is 5.99. The van der Waals surface area contributed by atoms with E-state index in [1.54, 1.807) is 48.8 Å². The molecular formula is C23H16ClFN2O3. The van der Waals surface area contributed by atoms with Crippen LogP contribution in [0.1, 0.15) is 27.5 Å². The number of rotatable bonds is 5. The second kappa shape index (κ2) is 8.16. The summed E-state index contributed by atoms with van der Waals surface area (Å²) in [5.41, 5.74) is 1.51. The highest BCUT2D eigenvalue weighted by molar-refractivity contribution is 6.44. The van der Waals surface area contributed by atoms with Gasteiger partial charge in [-0.1, -0.05) is 29.8 Å². The second-order valence-electron chi connectivity index (χ2n) is 7.00. The molecule has 5 nitrogen and oxygen atoms in total. The summed E-state index contributed by atoms with van der Waals surface area (Å²) in [6, 6.07) is 14.3. The van der Waals surface area contributed by atoms with Crippen LogP contribution in [0.15, 0.2) is 73.1 Å². The summed E-state index contributed by atoms with van der Waals surface area (Å²) in [5.74, 6) is -3.77. The lowest BCUT2D eigenvalue weighted by atomic mass is 9.86. The number of pyridine rings is 1. The first kappa shape index (κ1) is 19.9. The molecule has 3 aromatic rings. The summed E-state index contributed by atoms with van der Waals surface area (Å²) in [5, 5.41) is 0.495. The summed E-state index contributed by atoms with van der Waals surface area (Å²) < 4.78 is 13.3. The average molecular weight is 423 g/mol. The predicted molar refractivity (Wildman–Crippen MR) is 108 cm³/mol. The van der Waals surface area contributed by atoms with Gasteiger partial charge >= 0.3 is 0 Å². The molecule has 1 fully saturated rings. The van der Waals surface area contributed by atoms with Crippen LogP contribution in [-0.2, 0) is 16.1 Å². The standard InChI is InChI=1S/C23H16ClFN2O3/c24-17-7-3-15(4-8-17)20-19(21(28)16-5-9-18(25)10-6-16)22(29)23(30)27(20)13-14-2-1-11-26-12-14/h1-12,19-20H,13H2. The third-order valence-electron chi connectivity index (χ3n) is 5.10. The van der Waals surface area contributed by atoms with Crippen molar-refractivity contribution in [3.63, 3.8) is 0 Å². The minimum atomic E-state index is -1.24. The number of carbonyl (C=O) groups excluding carboxylic acids is 3. The number of Topliss-reactive ketones (excluding diaryl/α,β-unsaturated/α-hetero) is 2. The molecule has 0 saturated carbocycles. The van der Waals surface area contributed by atoms with Gasteiger partial charge in [-0.3, -0.25) is 19.4 Å². The maximum atomic E-state index is 13.3. The number of hydrogen-bond donors (Lipinski definition) is 0. The number of nitrogens with zero attached hydrogens (tertiary/aromatic N) is 2. The number of ketones is 2. The van der Waals surface area contributed by atoms with Crippen molar-refractivity contribution >= 4 is 29.1 Å². The molecule has 1 saturated heterocycles. The lowest BCUT2D eigenvalue weighted by Crippen LogP contribution is -2.30. The van der Waals surface area contributed by atoms with Gasteiger partial charge in [0.05, 0.1) is 6.04 Å². The molecule has 1 aliphatic heterocycles. The van der Waals surface area contributed by atoms with Crippen molar-refractivity contribution in [2.24, 2.45) is 5.92 Å². The minimum Gasteiger partial charge on any atom is -0.323 e. The largest absolute Gasteiger partial charge is 0.323 e. The molecule has 30 heavy (non-hydrogen) atoms. The van der Waals surface area contributed by atoms with Gasteiger partial charge in [-0.2, -0.15) is 0 Å². The van der Waals surface area contributed by atoms with E-state index in [4.69, 9.17) is 11.6 Å². The van der Waals surface area contributed by atoms with E-state index < -0.39 is 35.3 Å². The van der Waals surface area contributed by atoms with Gasteiger partial charge in [-0.25, -0.2) is 4.39 Å². The Bertz CT molecular complexity index is 1100. The van der Waals surface area contributed by atoms with Gasteiger partial charge in [0.1, 0.15) is 11.7 Å². The lowest BCUT2D eigenvalue weighted by Gasteiger charge is -2.27. The summed E-state index contributed by atoms with van der Waals surface area (Å²) in [7, 11) is 0. The number of halogens is 2. The summed E-state index contributed by atoms with van der Waals surface area (Å²) in [4.78, 5) is 44.4. The highest BCUT2D eigenvalue weighted by Gasteiger charge is 2.51. The monoisotopic (exact) mass is 422 g/mol. The van der Waals surface area contributed by atoms with Crippen molar-refractivity contribution in [1.29, 1.82) is 0 Å². The van der Waals surface area contributed by atoms with E-state index in [0.717, 1.165) is 17.7 Å². The van der Waals surface area contributed by atoms with Crippen LogP contribution in [-0.4, -0.2) is 27.4 Å². The van der Waals surface area contributed by atoms with Crippen molar-refractivity contribution < 1.29 is 18.8 Å². The Morgan fingerprint density at radius 1 is 1.03 bits per heavy atom. The van der Waals surface area contributed by atoms with E-state index in [1.807, 2.05) is 0 Å². The molecule has 2 atom stereocenters. The van der Waals surface area contributed by atoms with Gasteiger partial charge in [0.15, 0.2) is 5.78 Å². The average Bonchev–Trinajstić information content (AvgIpc) is 3.00. The van der Waals surface area contributed by atoms with Crippen LogP contribution in [0.3, 0.4) is 0 Å². The first-order chi connectivity index (χ1) is 14.5. The molecular weight excluding hydrogens is 407 g/mol. The Hall–Kier alpha value is -3.38. The van der Waals surface area contributed by atoms with E-state index in [-0.39, 0.29) is 12.1 Å². The van der Waals surface area contributed by atoms with Gasteiger partial charge in [-0.15, -0.1) is 0 Å². The summed E-state index contributed by atoms with van der Waals surface area (Å²) in [6.07, 6.45) is 3.21. The normalized spacial score (nSPS) is 18.7. The van der Waals surface area contributed by atoms with E-state index >= 15 is 0 Å². The smallest absolute Gasteiger partial charge is 0.291 e. The fourth-order valence-corrected chi connectivity index (χ4v) is 3.80. The zero-order valence-electron chi connectivity index (χ0n) is 15.7. The van der Waals surface area contributed by atoms with Crippen LogP contribution in [0.5, 0.6) is 0 Å². The second-order valence-corrected chi connectivity index (χ2v) is 7.44. The van der Waals surface area contributed by atoms with Crippen molar-refractivity contribution in [2.45, 2.75) is 12.6 Å². The molecule has 2 aromatic carbocycles. The highest BCUT2D eigenvalue weighted by atomic mass is 35.5. The van der Waals surface area contributed by atoms with Crippen LogP contribution in [0.25, 0.3) is 0 Å². The molecule has 7 heteroatoms. The first-order valence-corrected chi connectivity index (χ1v) is 9.62. The SMILES string of the molecule is O=C1C(=O)N(Cc2cccnc2)C(c2ccc(Cl)cc2)C1C(=O)c1ccc(F)cc1. The number of amides is 1. The molecule has 2 unspecified atom stereocenters. The minimum absolute atomic E-state index is 0.124. The van der Waals surface area contributed by atoms with Crippen LogP contribution < -0.4 is 0 Å². The van der Waals surface area contributed by atoms with Crippen molar-refractivity contribution in [3.05, 3.63) is 101 Å².